The van der Waals surface area contributed by atoms with Crippen molar-refractivity contribution in [2.24, 2.45) is 0 Å². The van der Waals surface area contributed by atoms with Crippen molar-refractivity contribution in [3.63, 3.8) is 0 Å². The molecule has 1 N–H and O–H groups in total. The first kappa shape index (κ1) is 14.4. The molecule has 120 valence electrons. The second kappa shape index (κ2) is 5.57. The van der Waals surface area contributed by atoms with E-state index < -0.39 is 0 Å². The van der Waals surface area contributed by atoms with E-state index in [4.69, 9.17) is 4.42 Å². The quantitative estimate of drug-likeness (QED) is 0.414. The van der Waals surface area contributed by atoms with Crippen LogP contribution in [-0.4, -0.2) is 15.2 Å². The zero-order valence-corrected chi connectivity index (χ0v) is 14.6. The minimum Gasteiger partial charge on any atom is -0.416 e. The molecular formula is C20H12BrN3O. The molecule has 0 bridgehead atoms. The van der Waals surface area contributed by atoms with Gasteiger partial charge in [-0.2, -0.15) is 0 Å². The number of hydrogen-bond acceptors (Lipinski definition) is 3. The van der Waals surface area contributed by atoms with E-state index in [-0.39, 0.29) is 0 Å². The SMILES string of the molecule is Brc1cccc(-c2nnc(-c3ccc4[nH]c5ccccc5c4c3)o2)c1. The third-order valence-electron chi connectivity index (χ3n) is 4.25. The number of aromatic amines is 1. The molecule has 0 radical (unpaired) electrons. The maximum atomic E-state index is 5.90. The van der Waals surface area contributed by atoms with Gasteiger partial charge in [-0.3, -0.25) is 0 Å². The highest BCUT2D eigenvalue weighted by Crippen LogP contribution is 2.31. The normalized spacial score (nSPS) is 11.4. The van der Waals surface area contributed by atoms with Crippen LogP contribution in [0.2, 0.25) is 0 Å². The number of rotatable bonds is 2. The molecule has 2 aromatic heterocycles. The number of hydrogen-bond donors (Lipinski definition) is 1. The largest absolute Gasteiger partial charge is 0.416 e. The van der Waals surface area contributed by atoms with Crippen molar-refractivity contribution in [1.82, 2.24) is 15.2 Å². The lowest BCUT2D eigenvalue weighted by Crippen LogP contribution is -1.78. The van der Waals surface area contributed by atoms with Gasteiger partial charge in [0, 0.05) is 37.4 Å². The van der Waals surface area contributed by atoms with Crippen LogP contribution in [0, 0.1) is 0 Å². The molecule has 0 atom stereocenters. The number of nitrogens with zero attached hydrogens (tertiary/aromatic N) is 2. The fourth-order valence-electron chi connectivity index (χ4n) is 3.06. The summed E-state index contributed by atoms with van der Waals surface area (Å²) in [6, 6.07) is 22.2. The Bertz CT molecular complexity index is 1220. The Morgan fingerprint density at radius 1 is 0.720 bits per heavy atom. The van der Waals surface area contributed by atoms with Crippen LogP contribution in [0.15, 0.2) is 75.6 Å². The first-order valence-corrected chi connectivity index (χ1v) is 8.67. The van der Waals surface area contributed by atoms with Gasteiger partial charge in [0.2, 0.25) is 11.8 Å². The molecule has 5 rings (SSSR count). The molecule has 3 aromatic carbocycles. The Balaban J connectivity index is 1.62. The first-order valence-electron chi connectivity index (χ1n) is 7.88. The summed E-state index contributed by atoms with van der Waals surface area (Å²) < 4.78 is 6.87. The molecule has 4 nitrogen and oxygen atoms in total. The Morgan fingerprint density at radius 3 is 2.32 bits per heavy atom. The predicted molar refractivity (Wildman–Crippen MR) is 102 cm³/mol. The fraction of sp³-hybridized carbons (Fsp3) is 0. The van der Waals surface area contributed by atoms with Crippen LogP contribution in [-0.2, 0) is 0 Å². The molecule has 0 aliphatic rings. The highest BCUT2D eigenvalue weighted by molar-refractivity contribution is 9.10. The Hall–Kier alpha value is -2.92. The highest BCUT2D eigenvalue weighted by Gasteiger charge is 2.12. The van der Waals surface area contributed by atoms with Crippen LogP contribution in [0.5, 0.6) is 0 Å². The summed E-state index contributed by atoms with van der Waals surface area (Å²) in [5.74, 6) is 1.03. The van der Waals surface area contributed by atoms with E-state index in [0.29, 0.717) is 11.8 Å². The van der Waals surface area contributed by atoms with E-state index in [0.717, 1.165) is 32.0 Å². The molecule has 5 aromatic rings. The number of benzene rings is 3. The summed E-state index contributed by atoms with van der Waals surface area (Å²) in [5.41, 5.74) is 4.01. The monoisotopic (exact) mass is 389 g/mol. The summed E-state index contributed by atoms with van der Waals surface area (Å²) in [6.45, 7) is 0. The third kappa shape index (κ3) is 2.44. The van der Waals surface area contributed by atoms with Gasteiger partial charge in [-0.1, -0.05) is 40.2 Å². The van der Waals surface area contributed by atoms with Crippen molar-refractivity contribution in [3.05, 3.63) is 71.2 Å². The van der Waals surface area contributed by atoms with Gasteiger partial charge in [-0.05, 0) is 42.5 Å². The van der Waals surface area contributed by atoms with Crippen LogP contribution in [0.25, 0.3) is 44.7 Å². The number of nitrogens with one attached hydrogen (secondary N) is 1. The Morgan fingerprint density at radius 2 is 1.48 bits per heavy atom. The van der Waals surface area contributed by atoms with Crippen molar-refractivity contribution in [1.29, 1.82) is 0 Å². The summed E-state index contributed by atoms with van der Waals surface area (Å²) >= 11 is 3.46. The molecular weight excluding hydrogens is 378 g/mol. The smallest absolute Gasteiger partial charge is 0.248 e. The van der Waals surface area contributed by atoms with Gasteiger partial charge < -0.3 is 9.40 Å². The molecule has 5 heteroatoms. The average Bonchev–Trinajstić information content (AvgIpc) is 3.26. The fourth-order valence-corrected chi connectivity index (χ4v) is 3.46. The van der Waals surface area contributed by atoms with Crippen molar-refractivity contribution < 1.29 is 4.42 Å². The van der Waals surface area contributed by atoms with E-state index in [1.807, 2.05) is 48.5 Å². The molecule has 0 fully saturated rings. The number of halogens is 1. The summed E-state index contributed by atoms with van der Waals surface area (Å²) in [6.07, 6.45) is 0. The minimum atomic E-state index is 0.510. The van der Waals surface area contributed by atoms with Gasteiger partial charge in [0.05, 0.1) is 0 Å². The van der Waals surface area contributed by atoms with Gasteiger partial charge in [-0.25, -0.2) is 0 Å². The highest BCUT2D eigenvalue weighted by atomic mass is 79.9. The number of para-hydroxylation sites is 1. The third-order valence-corrected chi connectivity index (χ3v) is 4.74. The second-order valence-corrected chi connectivity index (χ2v) is 6.77. The van der Waals surface area contributed by atoms with Gasteiger partial charge in [0.25, 0.3) is 0 Å². The van der Waals surface area contributed by atoms with E-state index in [9.17, 15) is 0 Å². The van der Waals surface area contributed by atoms with Crippen LogP contribution in [0.4, 0.5) is 0 Å². The van der Waals surface area contributed by atoms with Crippen LogP contribution < -0.4 is 0 Å². The molecule has 0 amide bonds. The lowest BCUT2D eigenvalue weighted by atomic mass is 10.1. The maximum absolute atomic E-state index is 5.90. The maximum Gasteiger partial charge on any atom is 0.248 e. The molecule has 0 saturated carbocycles. The van der Waals surface area contributed by atoms with E-state index in [1.165, 1.54) is 5.39 Å². The predicted octanol–water partition coefficient (Wildman–Crippen LogP) is 5.80. The van der Waals surface area contributed by atoms with Crippen molar-refractivity contribution >= 4 is 37.7 Å². The zero-order chi connectivity index (χ0) is 16.8. The number of aromatic nitrogens is 3. The Kier molecular flexibility index (Phi) is 3.21. The van der Waals surface area contributed by atoms with Gasteiger partial charge in [0.15, 0.2) is 0 Å². The molecule has 25 heavy (non-hydrogen) atoms. The number of H-pyrrole nitrogens is 1. The van der Waals surface area contributed by atoms with Crippen molar-refractivity contribution in [3.8, 4) is 22.9 Å². The molecule has 0 spiro atoms. The van der Waals surface area contributed by atoms with Gasteiger partial charge >= 0.3 is 0 Å². The molecule has 0 saturated heterocycles. The number of fused-ring (bicyclic) bond motifs is 3. The van der Waals surface area contributed by atoms with Crippen LogP contribution >= 0.6 is 15.9 Å². The molecule has 2 heterocycles. The molecule has 0 aliphatic heterocycles. The second-order valence-electron chi connectivity index (χ2n) is 5.85. The van der Waals surface area contributed by atoms with E-state index in [2.05, 4.69) is 49.3 Å². The van der Waals surface area contributed by atoms with Crippen molar-refractivity contribution in [2.45, 2.75) is 0 Å². The van der Waals surface area contributed by atoms with Crippen LogP contribution in [0.1, 0.15) is 0 Å². The summed E-state index contributed by atoms with van der Waals surface area (Å²) in [7, 11) is 0. The van der Waals surface area contributed by atoms with Crippen molar-refractivity contribution in [2.75, 3.05) is 0 Å². The zero-order valence-electron chi connectivity index (χ0n) is 13.0. The van der Waals surface area contributed by atoms with E-state index in [1.54, 1.807) is 0 Å². The lowest BCUT2D eigenvalue weighted by Gasteiger charge is -1.97. The standard InChI is InChI=1S/C20H12BrN3O/c21-14-5-3-4-12(10-14)19-23-24-20(25-19)13-8-9-18-16(11-13)15-6-1-2-7-17(15)22-18/h1-11,22H. The summed E-state index contributed by atoms with van der Waals surface area (Å²) in [5, 5.41) is 10.7. The lowest BCUT2D eigenvalue weighted by molar-refractivity contribution is 0.584. The summed E-state index contributed by atoms with van der Waals surface area (Å²) in [4.78, 5) is 3.42. The molecule has 0 aliphatic carbocycles. The van der Waals surface area contributed by atoms with Gasteiger partial charge in [0.1, 0.15) is 0 Å². The average molecular weight is 390 g/mol. The van der Waals surface area contributed by atoms with Crippen LogP contribution in [0.3, 0.4) is 0 Å². The Labute approximate surface area is 151 Å². The van der Waals surface area contributed by atoms with E-state index >= 15 is 0 Å². The first-order chi connectivity index (χ1) is 12.3. The van der Waals surface area contributed by atoms with Gasteiger partial charge in [-0.15, -0.1) is 10.2 Å². The minimum absolute atomic E-state index is 0.510. The topological polar surface area (TPSA) is 54.7 Å². The molecule has 0 unspecified atom stereocenters.